The number of halogens is 1. The molecule has 7 heteroatoms. The molecule has 25 heavy (non-hydrogen) atoms. The molecule has 1 aliphatic carbocycles. The normalized spacial score (nSPS) is 22.3. The molecule has 3 aliphatic rings. The number of piperazine rings is 1. The minimum absolute atomic E-state index is 0.168. The van der Waals surface area contributed by atoms with E-state index in [1.54, 1.807) is 23.7 Å². The molecule has 3 fully saturated rings. The van der Waals surface area contributed by atoms with E-state index in [9.17, 15) is 4.39 Å². The zero-order chi connectivity index (χ0) is 16.8. The first-order chi connectivity index (χ1) is 12.3. The van der Waals surface area contributed by atoms with Crippen LogP contribution in [-0.4, -0.2) is 59.6 Å². The van der Waals surface area contributed by atoms with Gasteiger partial charge in [-0.3, -0.25) is 4.90 Å². The zero-order valence-corrected chi connectivity index (χ0v) is 15.0. The van der Waals surface area contributed by atoms with Gasteiger partial charge in [-0.1, -0.05) is 0 Å². The fourth-order valence-corrected chi connectivity index (χ4v) is 4.47. The molecule has 5 rings (SSSR count). The van der Waals surface area contributed by atoms with Crippen molar-refractivity contribution < 1.29 is 4.39 Å². The van der Waals surface area contributed by atoms with Crippen LogP contribution in [0.25, 0.3) is 0 Å². The molecule has 0 radical (unpaired) electrons. The summed E-state index contributed by atoms with van der Waals surface area (Å²) >= 11 is 1.56. The minimum Gasteiger partial charge on any atom is -0.369 e. The molecule has 2 aromatic rings. The van der Waals surface area contributed by atoms with E-state index in [1.165, 1.54) is 12.8 Å². The number of benzene rings is 1. The van der Waals surface area contributed by atoms with Gasteiger partial charge in [0.15, 0.2) is 0 Å². The Morgan fingerprint density at radius 2 is 1.68 bits per heavy atom. The molecular weight excluding hydrogens is 337 g/mol. The van der Waals surface area contributed by atoms with Crippen LogP contribution in [0.1, 0.15) is 24.6 Å². The molecule has 0 unspecified atom stereocenters. The highest BCUT2D eigenvalue weighted by atomic mass is 32.1. The van der Waals surface area contributed by atoms with Gasteiger partial charge in [-0.05, 0) is 37.1 Å². The quantitative estimate of drug-likeness (QED) is 0.838. The van der Waals surface area contributed by atoms with Crippen molar-refractivity contribution >= 4 is 22.4 Å². The second-order valence-electron chi connectivity index (χ2n) is 7.27. The Morgan fingerprint density at radius 1 is 0.960 bits per heavy atom. The number of aromatic nitrogens is 2. The Hall–Kier alpha value is -1.73. The van der Waals surface area contributed by atoms with Crippen molar-refractivity contribution in [3.8, 4) is 0 Å². The van der Waals surface area contributed by atoms with Crippen molar-refractivity contribution in [3.05, 3.63) is 35.9 Å². The van der Waals surface area contributed by atoms with Gasteiger partial charge in [-0.25, -0.2) is 9.37 Å². The van der Waals surface area contributed by atoms with Crippen LogP contribution in [0.3, 0.4) is 0 Å². The van der Waals surface area contributed by atoms with Crippen LogP contribution in [0.4, 0.5) is 15.2 Å². The van der Waals surface area contributed by atoms with Crippen molar-refractivity contribution in [1.82, 2.24) is 14.3 Å². The van der Waals surface area contributed by atoms with Gasteiger partial charge >= 0.3 is 0 Å². The van der Waals surface area contributed by atoms with E-state index in [0.717, 1.165) is 55.9 Å². The molecule has 2 aliphatic heterocycles. The number of hydrogen-bond donors (Lipinski definition) is 0. The molecule has 1 saturated carbocycles. The monoisotopic (exact) mass is 359 g/mol. The zero-order valence-electron chi connectivity index (χ0n) is 14.1. The standard InChI is InChI=1S/C18H22FN5S/c19-14-3-5-15(6-4-14)22-7-9-23(10-8-22)16-11-24(12-16)18-20-17(21-25-18)13-1-2-13/h3-6,13,16H,1-2,7-12H2. The van der Waals surface area contributed by atoms with Crippen molar-refractivity contribution in [2.24, 2.45) is 0 Å². The fourth-order valence-electron chi connectivity index (χ4n) is 3.70. The maximum Gasteiger partial charge on any atom is 0.205 e. The second kappa shape index (κ2) is 6.21. The van der Waals surface area contributed by atoms with E-state index < -0.39 is 0 Å². The molecule has 0 spiro atoms. The Kier molecular flexibility index (Phi) is 3.86. The van der Waals surface area contributed by atoms with Crippen molar-refractivity contribution in [2.75, 3.05) is 49.1 Å². The Labute approximate surface area is 151 Å². The van der Waals surface area contributed by atoms with E-state index in [4.69, 9.17) is 4.98 Å². The Bertz CT molecular complexity index is 730. The van der Waals surface area contributed by atoms with Gasteiger partial charge in [-0.2, -0.15) is 4.37 Å². The highest BCUT2D eigenvalue weighted by molar-refractivity contribution is 7.09. The third-order valence-electron chi connectivity index (χ3n) is 5.53. The number of hydrogen-bond acceptors (Lipinski definition) is 6. The smallest absolute Gasteiger partial charge is 0.205 e. The lowest BCUT2D eigenvalue weighted by atomic mass is 10.1. The Balaban J connectivity index is 1.12. The van der Waals surface area contributed by atoms with Crippen LogP contribution in [0.2, 0.25) is 0 Å². The van der Waals surface area contributed by atoms with Crippen molar-refractivity contribution in [3.63, 3.8) is 0 Å². The topological polar surface area (TPSA) is 35.5 Å². The van der Waals surface area contributed by atoms with Crippen molar-refractivity contribution in [2.45, 2.75) is 24.8 Å². The minimum atomic E-state index is -0.168. The SMILES string of the molecule is Fc1ccc(N2CCN(C3CN(c4nc(C5CC5)ns4)C3)CC2)cc1. The third-order valence-corrected chi connectivity index (χ3v) is 6.32. The van der Waals surface area contributed by atoms with Gasteiger partial charge < -0.3 is 9.80 Å². The highest BCUT2D eigenvalue weighted by Gasteiger charge is 2.36. The number of anilines is 2. The summed E-state index contributed by atoms with van der Waals surface area (Å²) in [4.78, 5) is 12.0. The average molecular weight is 359 g/mol. The fraction of sp³-hybridized carbons (Fsp3) is 0.556. The first-order valence-electron chi connectivity index (χ1n) is 9.09. The van der Waals surface area contributed by atoms with Gasteiger partial charge in [0.05, 0.1) is 0 Å². The first-order valence-corrected chi connectivity index (χ1v) is 9.87. The van der Waals surface area contributed by atoms with Crippen LogP contribution in [0.15, 0.2) is 24.3 Å². The van der Waals surface area contributed by atoms with Crippen molar-refractivity contribution in [1.29, 1.82) is 0 Å². The van der Waals surface area contributed by atoms with Gasteiger partial charge in [0.25, 0.3) is 0 Å². The predicted octanol–water partition coefficient (Wildman–Crippen LogP) is 2.57. The summed E-state index contributed by atoms with van der Waals surface area (Å²) in [5, 5.41) is 1.10. The average Bonchev–Trinajstić information content (AvgIpc) is 3.34. The van der Waals surface area contributed by atoms with E-state index in [-0.39, 0.29) is 5.82 Å². The Morgan fingerprint density at radius 3 is 2.36 bits per heavy atom. The summed E-state index contributed by atoms with van der Waals surface area (Å²) < 4.78 is 17.6. The number of rotatable bonds is 4. The molecule has 132 valence electrons. The number of nitrogens with zero attached hydrogens (tertiary/aromatic N) is 5. The highest BCUT2D eigenvalue weighted by Crippen LogP contribution is 2.40. The molecule has 0 N–H and O–H groups in total. The molecule has 3 heterocycles. The van der Waals surface area contributed by atoms with E-state index in [1.807, 2.05) is 12.1 Å². The first kappa shape index (κ1) is 15.5. The summed E-state index contributed by atoms with van der Waals surface area (Å²) in [6.07, 6.45) is 2.52. The van der Waals surface area contributed by atoms with E-state index in [2.05, 4.69) is 19.1 Å². The third kappa shape index (κ3) is 3.11. The lowest BCUT2D eigenvalue weighted by Crippen LogP contribution is -2.63. The molecule has 0 atom stereocenters. The summed E-state index contributed by atoms with van der Waals surface area (Å²) in [5.74, 6) is 1.54. The molecule has 1 aromatic carbocycles. The van der Waals surface area contributed by atoms with Crippen LogP contribution < -0.4 is 9.80 Å². The van der Waals surface area contributed by atoms with Gasteiger partial charge in [0.1, 0.15) is 11.6 Å². The lowest BCUT2D eigenvalue weighted by Gasteiger charge is -2.48. The lowest BCUT2D eigenvalue weighted by molar-refractivity contribution is 0.157. The molecule has 0 bridgehead atoms. The van der Waals surface area contributed by atoms with Crippen LogP contribution in [0.5, 0.6) is 0 Å². The maximum absolute atomic E-state index is 13.1. The van der Waals surface area contributed by atoms with Gasteiger partial charge in [0.2, 0.25) is 5.13 Å². The second-order valence-corrected chi connectivity index (χ2v) is 8.00. The molecule has 1 aromatic heterocycles. The van der Waals surface area contributed by atoms with E-state index in [0.29, 0.717) is 12.0 Å². The van der Waals surface area contributed by atoms with E-state index >= 15 is 0 Å². The van der Waals surface area contributed by atoms with Crippen LogP contribution >= 0.6 is 11.5 Å². The van der Waals surface area contributed by atoms with Gasteiger partial charge in [0, 0.05) is 68.4 Å². The van der Waals surface area contributed by atoms with Gasteiger partial charge in [-0.15, -0.1) is 0 Å². The van der Waals surface area contributed by atoms with Crippen LogP contribution in [0, 0.1) is 5.82 Å². The molecular formula is C18H22FN5S. The van der Waals surface area contributed by atoms with Crippen LogP contribution in [-0.2, 0) is 0 Å². The summed E-state index contributed by atoms with van der Waals surface area (Å²) in [6, 6.07) is 7.47. The molecule has 5 nitrogen and oxygen atoms in total. The summed E-state index contributed by atoms with van der Waals surface area (Å²) in [6.45, 7) is 6.28. The summed E-state index contributed by atoms with van der Waals surface area (Å²) in [5.41, 5.74) is 1.12. The maximum atomic E-state index is 13.1. The molecule has 2 saturated heterocycles. The predicted molar refractivity (Wildman–Crippen MR) is 98.1 cm³/mol. The summed E-state index contributed by atoms with van der Waals surface area (Å²) in [7, 11) is 0. The largest absolute Gasteiger partial charge is 0.369 e. The molecule has 0 amide bonds.